The molecule has 2 aliphatic rings. The van der Waals surface area contributed by atoms with Crippen molar-refractivity contribution in [3.05, 3.63) is 22.9 Å². The zero-order chi connectivity index (χ0) is 17.1. The van der Waals surface area contributed by atoms with Crippen LogP contribution in [0.4, 0.5) is 5.82 Å². The lowest BCUT2D eigenvalue weighted by Gasteiger charge is -2.36. The molecule has 3 heterocycles. The van der Waals surface area contributed by atoms with Crippen molar-refractivity contribution in [3.63, 3.8) is 0 Å². The fraction of sp³-hybridized carbons (Fsp3) is 0.611. The molecule has 0 aliphatic carbocycles. The molecule has 2 saturated heterocycles. The van der Waals surface area contributed by atoms with E-state index < -0.39 is 0 Å². The summed E-state index contributed by atoms with van der Waals surface area (Å²) >= 11 is 0. The van der Waals surface area contributed by atoms with E-state index >= 15 is 0 Å². The number of nitriles is 1. The molecule has 0 saturated carbocycles. The molecule has 24 heavy (non-hydrogen) atoms. The second-order valence-corrected chi connectivity index (χ2v) is 6.59. The Morgan fingerprint density at radius 1 is 1.25 bits per heavy atom. The number of anilines is 1. The van der Waals surface area contributed by atoms with E-state index in [1.165, 1.54) is 0 Å². The predicted octanol–water partition coefficient (Wildman–Crippen LogP) is 1.65. The third-order valence-electron chi connectivity index (χ3n) is 4.90. The predicted molar refractivity (Wildman–Crippen MR) is 90.8 cm³/mol. The molecule has 1 amide bonds. The highest BCUT2D eigenvalue weighted by Crippen LogP contribution is 2.27. The number of morpholine rings is 1. The van der Waals surface area contributed by atoms with Gasteiger partial charge in [0, 0.05) is 37.8 Å². The summed E-state index contributed by atoms with van der Waals surface area (Å²) in [5.74, 6) is 1.11. The van der Waals surface area contributed by atoms with Gasteiger partial charge in [0.15, 0.2) is 0 Å². The van der Waals surface area contributed by atoms with Crippen molar-refractivity contribution in [3.8, 4) is 6.07 Å². The Labute approximate surface area is 143 Å². The fourth-order valence-electron chi connectivity index (χ4n) is 3.56. The third kappa shape index (κ3) is 3.36. The van der Waals surface area contributed by atoms with Gasteiger partial charge in [0.25, 0.3) is 0 Å². The van der Waals surface area contributed by atoms with Gasteiger partial charge in [-0.05, 0) is 38.3 Å². The molecule has 6 heteroatoms. The Hall–Kier alpha value is -2.13. The number of carbonyl (C=O) groups excluding carboxylic acids is 1. The van der Waals surface area contributed by atoms with E-state index in [2.05, 4.69) is 16.0 Å². The van der Waals surface area contributed by atoms with Crippen LogP contribution in [0.15, 0.2) is 6.07 Å². The molecular formula is C18H24N4O2. The number of hydrogen-bond donors (Lipinski definition) is 0. The SMILES string of the molecule is Cc1cc(C)c(C#N)c(N2CCC(C(=O)N3CCOCC3)CC2)n1. The van der Waals surface area contributed by atoms with E-state index in [4.69, 9.17) is 4.74 Å². The van der Waals surface area contributed by atoms with Crippen molar-refractivity contribution in [2.45, 2.75) is 26.7 Å². The Balaban J connectivity index is 1.67. The van der Waals surface area contributed by atoms with Crippen LogP contribution < -0.4 is 4.90 Å². The lowest BCUT2D eigenvalue weighted by Crippen LogP contribution is -2.47. The van der Waals surface area contributed by atoms with E-state index in [9.17, 15) is 10.1 Å². The molecule has 2 aliphatic heterocycles. The quantitative estimate of drug-likeness (QED) is 0.825. The maximum Gasteiger partial charge on any atom is 0.225 e. The second-order valence-electron chi connectivity index (χ2n) is 6.59. The van der Waals surface area contributed by atoms with Gasteiger partial charge in [-0.25, -0.2) is 4.98 Å². The lowest BCUT2D eigenvalue weighted by atomic mass is 9.94. The highest BCUT2D eigenvalue weighted by atomic mass is 16.5. The van der Waals surface area contributed by atoms with E-state index in [1.807, 2.05) is 24.8 Å². The van der Waals surface area contributed by atoms with Crippen LogP contribution in [0.5, 0.6) is 0 Å². The van der Waals surface area contributed by atoms with Gasteiger partial charge in [0.1, 0.15) is 11.9 Å². The van der Waals surface area contributed by atoms with E-state index in [0.717, 1.165) is 43.0 Å². The van der Waals surface area contributed by atoms with Crippen molar-refractivity contribution >= 4 is 11.7 Å². The third-order valence-corrected chi connectivity index (χ3v) is 4.90. The van der Waals surface area contributed by atoms with Gasteiger partial charge in [-0.15, -0.1) is 0 Å². The van der Waals surface area contributed by atoms with Gasteiger partial charge in [0.05, 0.1) is 18.8 Å². The molecule has 0 atom stereocenters. The molecule has 1 aromatic heterocycles. The lowest BCUT2D eigenvalue weighted by molar-refractivity contribution is -0.140. The van der Waals surface area contributed by atoms with Crippen molar-refractivity contribution in [1.29, 1.82) is 5.26 Å². The summed E-state index contributed by atoms with van der Waals surface area (Å²) < 4.78 is 5.32. The van der Waals surface area contributed by atoms with Crippen molar-refractivity contribution in [2.24, 2.45) is 5.92 Å². The van der Waals surface area contributed by atoms with Crippen LogP contribution in [0.3, 0.4) is 0 Å². The first kappa shape index (κ1) is 16.7. The Kier molecular flexibility index (Phi) is 5.00. The smallest absolute Gasteiger partial charge is 0.225 e. The van der Waals surface area contributed by atoms with Crippen LogP contribution in [0.1, 0.15) is 29.7 Å². The highest BCUT2D eigenvalue weighted by molar-refractivity contribution is 5.79. The summed E-state index contributed by atoms with van der Waals surface area (Å²) in [6, 6.07) is 4.22. The molecule has 0 spiro atoms. The molecule has 0 unspecified atom stereocenters. The topological polar surface area (TPSA) is 69.5 Å². The number of aryl methyl sites for hydroxylation is 2. The summed E-state index contributed by atoms with van der Waals surface area (Å²) in [7, 11) is 0. The summed E-state index contributed by atoms with van der Waals surface area (Å²) in [6.07, 6.45) is 1.63. The van der Waals surface area contributed by atoms with Crippen LogP contribution >= 0.6 is 0 Å². The number of piperidine rings is 1. The van der Waals surface area contributed by atoms with Crippen molar-refractivity contribution in [2.75, 3.05) is 44.3 Å². The minimum absolute atomic E-state index is 0.0794. The number of pyridine rings is 1. The monoisotopic (exact) mass is 328 g/mol. The average Bonchev–Trinajstić information content (AvgIpc) is 2.61. The van der Waals surface area contributed by atoms with E-state index in [-0.39, 0.29) is 11.8 Å². The minimum atomic E-state index is 0.0794. The number of aromatic nitrogens is 1. The van der Waals surface area contributed by atoms with Gasteiger partial charge in [-0.1, -0.05) is 0 Å². The molecule has 1 aromatic rings. The fourth-order valence-corrected chi connectivity index (χ4v) is 3.56. The van der Waals surface area contributed by atoms with Gasteiger partial charge >= 0.3 is 0 Å². The van der Waals surface area contributed by atoms with Crippen molar-refractivity contribution in [1.82, 2.24) is 9.88 Å². The molecule has 0 N–H and O–H groups in total. The molecule has 6 nitrogen and oxygen atoms in total. The molecule has 0 bridgehead atoms. The number of amides is 1. The van der Waals surface area contributed by atoms with Crippen LogP contribution in [0.2, 0.25) is 0 Å². The largest absolute Gasteiger partial charge is 0.378 e. The molecule has 128 valence electrons. The van der Waals surface area contributed by atoms with Crippen LogP contribution in [-0.2, 0) is 9.53 Å². The summed E-state index contributed by atoms with van der Waals surface area (Å²) in [4.78, 5) is 21.3. The first-order valence-corrected chi connectivity index (χ1v) is 8.60. The number of nitrogens with zero attached hydrogens (tertiary/aromatic N) is 4. The summed E-state index contributed by atoms with van der Waals surface area (Å²) in [5, 5.41) is 9.44. The standard InChI is InChI=1S/C18H24N4O2/c1-13-11-14(2)20-17(16(13)12-19)21-5-3-15(4-6-21)18(23)22-7-9-24-10-8-22/h11,15H,3-10H2,1-2H3. The van der Waals surface area contributed by atoms with E-state index in [0.29, 0.717) is 31.9 Å². The van der Waals surface area contributed by atoms with Gasteiger partial charge in [-0.3, -0.25) is 4.79 Å². The highest BCUT2D eigenvalue weighted by Gasteiger charge is 2.30. The normalized spacial score (nSPS) is 19.2. The van der Waals surface area contributed by atoms with Crippen LogP contribution in [0.25, 0.3) is 0 Å². The Morgan fingerprint density at radius 3 is 2.54 bits per heavy atom. The minimum Gasteiger partial charge on any atom is -0.378 e. The maximum absolute atomic E-state index is 12.6. The Bertz CT molecular complexity index is 654. The molecular weight excluding hydrogens is 304 g/mol. The molecule has 0 aromatic carbocycles. The molecule has 3 rings (SSSR count). The van der Waals surface area contributed by atoms with Crippen molar-refractivity contribution < 1.29 is 9.53 Å². The second kappa shape index (κ2) is 7.18. The van der Waals surface area contributed by atoms with Gasteiger partial charge < -0.3 is 14.5 Å². The number of carbonyl (C=O) groups is 1. The van der Waals surface area contributed by atoms with E-state index in [1.54, 1.807) is 0 Å². The molecule has 2 fully saturated rings. The maximum atomic E-state index is 12.6. The van der Waals surface area contributed by atoms with Crippen LogP contribution in [-0.4, -0.2) is 55.2 Å². The van der Waals surface area contributed by atoms with Crippen LogP contribution in [0, 0.1) is 31.1 Å². The zero-order valence-electron chi connectivity index (χ0n) is 14.4. The Morgan fingerprint density at radius 2 is 1.92 bits per heavy atom. The average molecular weight is 328 g/mol. The first-order valence-electron chi connectivity index (χ1n) is 8.60. The van der Waals surface area contributed by atoms with Gasteiger partial charge in [0.2, 0.25) is 5.91 Å². The summed E-state index contributed by atoms with van der Waals surface area (Å²) in [6.45, 7) is 8.13. The number of hydrogen-bond acceptors (Lipinski definition) is 5. The van der Waals surface area contributed by atoms with Gasteiger partial charge in [-0.2, -0.15) is 5.26 Å². The number of ether oxygens (including phenoxy) is 1. The first-order chi connectivity index (χ1) is 11.6. The number of rotatable bonds is 2. The summed E-state index contributed by atoms with van der Waals surface area (Å²) in [5.41, 5.74) is 2.54. The molecule has 0 radical (unpaired) electrons. The zero-order valence-corrected chi connectivity index (χ0v) is 14.4.